The van der Waals surface area contributed by atoms with E-state index in [0.717, 1.165) is 19.1 Å². The molecule has 2 nitrogen and oxygen atoms in total. The summed E-state index contributed by atoms with van der Waals surface area (Å²) in [4.78, 5) is 0. The average molecular weight is 167 g/mol. The number of hydrogen-bond acceptors (Lipinski definition) is 2. The van der Waals surface area contributed by atoms with Gasteiger partial charge in [-0.25, -0.2) is 0 Å². The highest BCUT2D eigenvalue weighted by atomic mass is 16.5. The van der Waals surface area contributed by atoms with E-state index in [0.29, 0.717) is 12.3 Å². The van der Waals surface area contributed by atoms with Crippen LogP contribution in [0.25, 0.3) is 0 Å². The Kier molecular flexibility index (Phi) is 4.10. The maximum Gasteiger partial charge on any atom is 0.0624 e. The Morgan fingerprint density at radius 2 is 2.17 bits per heavy atom. The molecule has 0 aliphatic carbocycles. The van der Waals surface area contributed by atoms with Gasteiger partial charge in [-0.15, -0.1) is 0 Å². The van der Waals surface area contributed by atoms with Crippen molar-refractivity contribution in [3.05, 3.63) is 0 Å². The van der Waals surface area contributed by atoms with E-state index >= 15 is 0 Å². The van der Waals surface area contributed by atoms with Crippen molar-refractivity contribution in [3.8, 4) is 6.07 Å². The Morgan fingerprint density at radius 3 is 2.75 bits per heavy atom. The fourth-order valence-electron chi connectivity index (χ4n) is 1.79. The lowest BCUT2D eigenvalue weighted by Gasteiger charge is -2.23. The molecule has 1 aliphatic rings. The summed E-state index contributed by atoms with van der Waals surface area (Å²) in [7, 11) is 0. The van der Waals surface area contributed by atoms with Crippen LogP contribution in [0.2, 0.25) is 0 Å². The lowest BCUT2D eigenvalue weighted by Crippen LogP contribution is -2.17. The van der Waals surface area contributed by atoms with Crippen molar-refractivity contribution >= 4 is 0 Å². The first-order chi connectivity index (χ1) is 5.83. The zero-order valence-electron chi connectivity index (χ0n) is 7.75. The second kappa shape index (κ2) is 5.16. The van der Waals surface area contributed by atoms with E-state index < -0.39 is 0 Å². The average Bonchev–Trinajstić information content (AvgIpc) is 2.06. The normalized spacial score (nSPS) is 21.7. The molecule has 1 rings (SSSR count). The molecule has 1 saturated heterocycles. The lowest BCUT2D eigenvalue weighted by molar-refractivity contribution is 0.0596. The molecule has 12 heavy (non-hydrogen) atoms. The Labute approximate surface area is 74.5 Å². The molecule has 0 amide bonds. The van der Waals surface area contributed by atoms with Crippen LogP contribution in [0.1, 0.15) is 32.6 Å². The molecule has 0 saturated carbocycles. The Bertz CT molecular complexity index is 156. The van der Waals surface area contributed by atoms with Crippen LogP contribution in [-0.4, -0.2) is 13.2 Å². The predicted octanol–water partition coefficient (Wildman–Crippen LogP) is 2.35. The summed E-state index contributed by atoms with van der Waals surface area (Å²) >= 11 is 0. The maximum absolute atomic E-state index is 8.49. The summed E-state index contributed by atoms with van der Waals surface area (Å²) in [5, 5.41) is 8.49. The standard InChI is InChI=1S/C10H17NO/c1-9(2-5-11)8-10-3-6-12-7-4-10/h9-10H,2-4,6-8H2,1H3. The molecule has 0 N–H and O–H groups in total. The summed E-state index contributed by atoms with van der Waals surface area (Å²) in [6.07, 6.45) is 4.29. The van der Waals surface area contributed by atoms with E-state index in [4.69, 9.17) is 10.00 Å². The molecule has 1 fully saturated rings. The fraction of sp³-hybridized carbons (Fsp3) is 0.900. The van der Waals surface area contributed by atoms with Crippen molar-refractivity contribution in [3.63, 3.8) is 0 Å². The lowest BCUT2D eigenvalue weighted by atomic mass is 9.89. The van der Waals surface area contributed by atoms with E-state index in [1.54, 1.807) is 0 Å². The van der Waals surface area contributed by atoms with Crippen LogP contribution in [0.15, 0.2) is 0 Å². The van der Waals surface area contributed by atoms with Crippen molar-refractivity contribution in [1.29, 1.82) is 5.26 Å². The van der Waals surface area contributed by atoms with Gasteiger partial charge in [0.15, 0.2) is 0 Å². The molecule has 1 atom stereocenters. The molecule has 0 aromatic carbocycles. The van der Waals surface area contributed by atoms with E-state index in [1.807, 2.05) is 0 Å². The van der Waals surface area contributed by atoms with Gasteiger partial charge in [0.2, 0.25) is 0 Å². The van der Waals surface area contributed by atoms with Gasteiger partial charge in [-0.05, 0) is 31.1 Å². The third kappa shape index (κ3) is 3.23. The summed E-state index contributed by atoms with van der Waals surface area (Å²) in [6, 6.07) is 2.23. The predicted molar refractivity (Wildman–Crippen MR) is 47.6 cm³/mol. The molecule has 0 spiro atoms. The topological polar surface area (TPSA) is 33.0 Å². The van der Waals surface area contributed by atoms with Gasteiger partial charge in [0.05, 0.1) is 6.07 Å². The first-order valence-electron chi connectivity index (χ1n) is 4.77. The van der Waals surface area contributed by atoms with Crippen LogP contribution in [0, 0.1) is 23.2 Å². The minimum Gasteiger partial charge on any atom is -0.381 e. The molecule has 1 heterocycles. The second-order valence-corrected chi connectivity index (χ2v) is 3.76. The van der Waals surface area contributed by atoms with Crippen LogP contribution in [-0.2, 0) is 4.74 Å². The van der Waals surface area contributed by atoms with Crippen LogP contribution >= 0.6 is 0 Å². The molecular weight excluding hydrogens is 150 g/mol. The van der Waals surface area contributed by atoms with Gasteiger partial charge in [0.25, 0.3) is 0 Å². The molecule has 0 aromatic heterocycles. The summed E-state index contributed by atoms with van der Waals surface area (Å²) in [5.41, 5.74) is 0. The van der Waals surface area contributed by atoms with Gasteiger partial charge < -0.3 is 4.74 Å². The summed E-state index contributed by atoms with van der Waals surface area (Å²) in [5.74, 6) is 1.38. The maximum atomic E-state index is 8.49. The monoisotopic (exact) mass is 167 g/mol. The van der Waals surface area contributed by atoms with E-state index in [1.165, 1.54) is 19.3 Å². The van der Waals surface area contributed by atoms with Gasteiger partial charge in [-0.3, -0.25) is 0 Å². The van der Waals surface area contributed by atoms with Crippen molar-refractivity contribution in [2.75, 3.05) is 13.2 Å². The molecule has 2 heteroatoms. The fourth-order valence-corrected chi connectivity index (χ4v) is 1.79. The summed E-state index contributed by atoms with van der Waals surface area (Å²) < 4.78 is 5.28. The van der Waals surface area contributed by atoms with Crippen molar-refractivity contribution < 1.29 is 4.74 Å². The molecule has 1 aliphatic heterocycles. The van der Waals surface area contributed by atoms with E-state index in [2.05, 4.69) is 13.0 Å². The smallest absolute Gasteiger partial charge is 0.0624 e. The molecule has 0 bridgehead atoms. The van der Waals surface area contributed by atoms with Crippen LogP contribution in [0.4, 0.5) is 0 Å². The SMILES string of the molecule is CC(CC#N)CC1CCOCC1. The minimum atomic E-state index is 0.568. The van der Waals surface area contributed by atoms with Crippen LogP contribution in [0.5, 0.6) is 0 Å². The van der Waals surface area contributed by atoms with Gasteiger partial charge in [-0.1, -0.05) is 6.92 Å². The highest BCUT2D eigenvalue weighted by molar-refractivity contribution is 4.76. The number of hydrogen-bond donors (Lipinski definition) is 0. The van der Waals surface area contributed by atoms with Crippen molar-refractivity contribution in [2.45, 2.75) is 32.6 Å². The number of rotatable bonds is 3. The second-order valence-electron chi connectivity index (χ2n) is 3.76. The van der Waals surface area contributed by atoms with Crippen molar-refractivity contribution in [1.82, 2.24) is 0 Å². The largest absolute Gasteiger partial charge is 0.381 e. The van der Waals surface area contributed by atoms with Gasteiger partial charge in [0.1, 0.15) is 0 Å². The Balaban J connectivity index is 2.16. The third-order valence-electron chi connectivity index (χ3n) is 2.52. The number of nitriles is 1. The van der Waals surface area contributed by atoms with Crippen LogP contribution < -0.4 is 0 Å². The van der Waals surface area contributed by atoms with Gasteiger partial charge in [0, 0.05) is 19.6 Å². The van der Waals surface area contributed by atoms with Gasteiger partial charge in [-0.2, -0.15) is 5.26 Å². The quantitative estimate of drug-likeness (QED) is 0.646. The van der Waals surface area contributed by atoms with Gasteiger partial charge >= 0.3 is 0 Å². The molecule has 1 unspecified atom stereocenters. The molecule has 0 aromatic rings. The number of ether oxygens (including phenoxy) is 1. The summed E-state index contributed by atoms with van der Waals surface area (Å²) in [6.45, 7) is 4.01. The Hall–Kier alpha value is -0.550. The highest BCUT2D eigenvalue weighted by Gasteiger charge is 2.16. The third-order valence-corrected chi connectivity index (χ3v) is 2.52. The first-order valence-corrected chi connectivity index (χ1v) is 4.77. The molecular formula is C10H17NO. The zero-order chi connectivity index (χ0) is 8.81. The van der Waals surface area contributed by atoms with E-state index in [9.17, 15) is 0 Å². The molecule has 0 radical (unpaired) electrons. The first kappa shape index (κ1) is 9.54. The minimum absolute atomic E-state index is 0.568. The molecule has 68 valence electrons. The Morgan fingerprint density at radius 1 is 1.50 bits per heavy atom. The van der Waals surface area contributed by atoms with E-state index in [-0.39, 0.29) is 0 Å². The van der Waals surface area contributed by atoms with Crippen molar-refractivity contribution in [2.24, 2.45) is 11.8 Å². The number of nitrogens with zero attached hydrogens (tertiary/aromatic N) is 1. The zero-order valence-corrected chi connectivity index (χ0v) is 7.75. The van der Waals surface area contributed by atoms with Crippen LogP contribution in [0.3, 0.4) is 0 Å². The highest BCUT2D eigenvalue weighted by Crippen LogP contribution is 2.23.